The van der Waals surface area contributed by atoms with Gasteiger partial charge in [-0.25, -0.2) is 5.06 Å². The minimum atomic E-state index is -0.644. The zero-order valence-electron chi connectivity index (χ0n) is 16.2. The van der Waals surface area contributed by atoms with Crippen molar-refractivity contribution in [3.63, 3.8) is 0 Å². The second-order valence-corrected chi connectivity index (χ2v) is 6.60. The summed E-state index contributed by atoms with van der Waals surface area (Å²) in [5.74, 6) is 0.751. The highest BCUT2D eigenvalue weighted by molar-refractivity contribution is 5.98. The molecule has 6 heteroatoms. The van der Waals surface area contributed by atoms with E-state index in [4.69, 9.17) is 13.9 Å². The molecule has 3 aromatic carbocycles. The summed E-state index contributed by atoms with van der Waals surface area (Å²) >= 11 is 0. The van der Waals surface area contributed by atoms with Crippen molar-refractivity contribution in [3.05, 3.63) is 96.3 Å². The van der Waals surface area contributed by atoms with E-state index in [0.717, 1.165) is 5.39 Å². The predicted octanol–water partition coefficient (Wildman–Crippen LogP) is 4.92. The molecule has 6 nitrogen and oxygen atoms in total. The highest BCUT2D eigenvalue weighted by Crippen LogP contribution is 2.28. The first-order chi connectivity index (χ1) is 14.7. The first-order valence-corrected chi connectivity index (χ1v) is 9.59. The first-order valence-electron chi connectivity index (χ1n) is 9.59. The Morgan fingerprint density at radius 1 is 0.833 bits per heavy atom. The molecule has 152 valence electrons. The maximum Gasteiger partial charge on any atom is 0.313 e. The van der Waals surface area contributed by atoms with Gasteiger partial charge in [0.05, 0.1) is 6.54 Å². The van der Waals surface area contributed by atoms with Crippen LogP contribution in [0.5, 0.6) is 11.5 Å². The zero-order valence-corrected chi connectivity index (χ0v) is 16.2. The standard InChI is InChI=1S/C24H21NO5/c26-24(25(27)15-16-28-18-9-3-1-4-10-18)23-21(17-29-19-11-5-2-6-12-19)20-13-7-8-14-22(20)30-23/h1-14,27H,15-17H2. The van der Waals surface area contributed by atoms with Crippen molar-refractivity contribution in [2.75, 3.05) is 13.2 Å². The number of amides is 1. The van der Waals surface area contributed by atoms with Gasteiger partial charge in [-0.2, -0.15) is 0 Å². The van der Waals surface area contributed by atoms with Crippen LogP contribution in [0.25, 0.3) is 11.0 Å². The van der Waals surface area contributed by atoms with Gasteiger partial charge in [-0.05, 0) is 30.3 Å². The summed E-state index contributed by atoms with van der Waals surface area (Å²) in [5.41, 5.74) is 1.14. The predicted molar refractivity (Wildman–Crippen MR) is 112 cm³/mol. The summed E-state index contributed by atoms with van der Waals surface area (Å²) in [6.45, 7) is 0.266. The summed E-state index contributed by atoms with van der Waals surface area (Å²) in [4.78, 5) is 12.9. The molecular weight excluding hydrogens is 382 g/mol. The van der Waals surface area contributed by atoms with E-state index in [2.05, 4.69) is 0 Å². The van der Waals surface area contributed by atoms with Crippen LogP contribution < -0.4 is 9.47 Å². The molecule has 0 atom stereocenters. The monoisotopic (exact) mass is 403 g/mol. The summed E-state index contributed by atoms with van der Waals surface area (Å²) in [6.07, 6.45) is 0. The number of nitrogens with zero attached hydrogens (tertiary/aromatic N) is 1. The first kappa shape index (κ1) is 19.5. The topological polar surface area (TPSA) is 72.1 Å². The number of carbonyl (C=O) groups is 1. The van der Waals surface area contributed by atoms with Gasteiger partial charge in [0.2, 0.25) is 5.76 Å². The Bertz CT molecular complexity index is 1110. The van der Waals surface area contributed by atoms with Crippen molar-refractivity contribution in [1.29, 1.82) is 0 Å². The van der Waals surface area contributed by atoms with Gasteiger partial charge in [-0.3, -0.25) is 10.0 Å². The van der Waals surface area contributed by atoms with Gasteiger partial charge in [-0.1, -0.05) is 54.6 Å². The Balaban J connectivity index is 1.49. The highest BCUT2D eigenvalue weighted by atomic mass is 16.5. The second-order valence-electron chi connectivity index (χ2n) is 6.60. The largest absolute Gasteiger partial charge is 0.492 e. The SMILES string of the molecule is O=C(c1oc2ccccc2c1COc1ccccc1)N(O)CCOc1ccccc1. The van der Waals surface area contributed by atoms with Crippen LogP contribution in [-0.4, -0.2) is 29.3 Å². The van der Waals surface area contributed by atoms with Crippen molar-refractivity contribution in [2.45, 2.75) is 6.61 Å². The van der Waals surface area contributed by atoms with E-state index in [1.807, 2.05) is 78.9 Å². The molecule has 0 fully saturated rings. The average Bonchev–Trinajstić information content (AvgIpc) is 3.17. The molecule has 0 aliphatic carbocycles. The highest BCUT2D eigenvalue weighted by Gasteiger charge is 2.25. The Labute approximate surface area is 173 Å². The fourth-order valence-electron chi connectivity index (χ4n) is 3.07. The molecule has 0 saturated carbocycles. The van der Waals surface area contributed by atoms with E-state index in [1.165, 1.54) is 0 Å². The molecule has 1 aromatic heterocycles. The van der Waals surface area contributed by atoms with E-state index >= 15 is 0 Å². The van der Waals surface area contributed by atoms with Crippen molar-refractivity contribution in [1.82, 2.24) is 5.06 Å². The van der Waals surface area contributed by atoms with E-state index < -0.39 is 5.91 Å². The third kappa shape index (κ3) is 4.45. The van der Waals surface area contributed by atoms with Gasteiger partial charge in [0.1, 0.15) is 30.3 Å². The van der Waals surface area contributed by atoms with Crippen molar-refractivity contribution < 1.29 is 23.9 Å². The van der Waals surface area contributed by atoms with E-state index in [1.54, 1.807) is 6.07 Å². The fourth-order valence-corrected chi connectivity index (χ4v) is 3.07. The number of para-hydroxylation sites is 3. The lowest BCUT2D eigenvalue weighted by Crippen LogP contribution is -2.32. The van der Waals surface area contributed by atoms with Gasteiger partial charge in [-0.15, -0.1) is 0 Å². The molecule has 0 saturated heterocycles. The molecule has 0 spiro atoms. The Hall–Kier alpha value is -3.77. The number of carbonyl (C=O) groups excluding carboxylic acids is 1. The third-order valence-corrected chi connectivity index (χ3v) is 4.57. The lowest BCUT2D eigenvalue weighted by atomic mass is 10.1. The Morgan fingerprint density at radius 3 is 2.13 bits per heavy atom. The Morgan fingerprint density at radius 2 is 1.43 bits per heavy atom. The normalized spacial score (nSPS) is 10.7. The molecule has 1 N–H and O–H groups in total. The smallest absolute Gasteiger partial charge is 0.313 e. The van der Waals surface area contributed by atoms with Crippen molar-refractivity contribution in [2.24, 2.45) is 0 Å². The van der Waals surface area contributed by atoms with Crippen LogP contribution in [0.15, 0.2) is 89.3 Å². The summed E-state index contributed by atoms with van der Waals surface area (Å²) in [5, 5.41) is 11.7. The van der Waals surface area contributed by atoms with E-state index in [9.17, 15) is 10.0 Å². The van der Waals surface area contributed by atoms with Crippen LogP contribution in [0, 0.1) is 0 Å². The number of furan rings is 1. The van der Waals surface area contributed by atoms with Crippen LogP contribution in [-0.2, 0) is 6.61 Å². The molecular formula is C24H21NO5. The summed E-state index contributed by atoms with van der Waals surface area (Å²) in [6, 6.07) is 25.8. The van der Waals surface area contributed by atoms with Crippen LogP contribution in [0.4, 0.5) is 0 Å². The number of hydrogen-bond donors (Lipinski definition) is 1. The molecule has 0 bridgehead atoms. The quantitative estimate of drug-likeness (QED) is 0.334. The average molecular weight is 403 g/mol. The minimum Gasteiger partial charge on any atom is -0.492 e. The Kier molecular flexibility index (Phi) is 5.96. The lowest BCUT2D eigenvalue weighted by molar-refractivity contribution is -0.0655. The van der Waals surface area contributed by atoms with Gasteiger partial charge < -0.3 is 13.9 Å². The number of fused-ring (bicyclic) bond motifs is 1. The molecule has 0 unspecified atom stereocenters. The van der Waals surface area contributed by atoms with Crippen LogP contribution in [0.3, 0.4) is 0 Å². The molecule has 0 radical (unpaired) electrons. The van der Waals surface area contributed by atoms with E-state index in [0.29, 0.717) is 27.7 Å². The van der Waals surface area contributed by atoms with Gasteiger partial charge in [0.25, 0.3) is 0 Å². The molecule has 1 heterocycles. The number of benzene rings is 3. The molecule has 1 amide bonds. The van der Waals surface area contributed by atoms with Gasteiger partial charge in [0.15, 0.2) is 0 Å². The zero-order chi connectivity index (χ0) is 20.8. The van der Waals surface area contributed by atoms with Crippen LogP contribution in [0.2, 0.25) is 0 Å². The number of hydrogen-bond acceptors (Lipinski definition) is 5. The van der Waals surface area contributed by atoms with Crippen molar-refractivity contribution in [3.8, 4) is 11.5 Å². The molecule has 0 aliphatic rings. The molecule has 30 heavy (non-hydrogen) atoms. The minimum absolute atomic E-state index is 0.0102. The maximum absolute atomic E-state index is 12.9. The number of rotatable bonds is 8. The molecule has 4 aromatic rings. The number of hydroxylamine groups is 2. The van der Waals surface area contributed by atoms with Gasteiger partial charge >= 0.3 is 5.91 Å². The van der Waals surface area contributed by atoms with Crippen LogP contribution in [0.1, 0.15) is 16.1 Å². The van der Waals surface area contributed by atoms with Crippen molar-refractivity contribution >= 4 is 16.9 Å². The molecule has 4 rings (SSSR count). The van der Waals surface area contributed by atoms with E-state index in [-0.39, 0.29) is 25.5 Å². The summed E-state index contributed by atoms with van der Waals surface area (Å²) < 4.78 is 17.1. The lowest BCUT2D eigenvalue weighted by Gasteiger charge is -2.15. The number of ether oxygens (including phenoxy) is 2. The van der Waals surface area contributed by atoms with Gasteiger partial charge in [0, 0.05) is 10.9 Å². The maximum atomic E-state index is 12.9. The fraction of sp³-hybridized carbons (Fsp3) is 0.125. The third-order valence-electron chi connectivity index (χ3n) is 4.57. The second kappa shape index (κ2) is 9.15. The molecule has 0 aliphatic heterocycles. The summed E-state index contributed by atoms with van der Waals surface area (Å²) in [7, 11) is 0. The van der Waals surface area contributed by atoms with Crippen LogP contribution >= 0.6 is 0 Å².